The molecule has 0 aliphatic carbocycles. The van der Waals surface area contributed by atoms with Crippen LogP contribution in [0.15, 0.2) is 0 Å². The van der Waals surface area contributed by atoms with Gasteiger partial charge in [-0.3, -0.25) is 9.59 Å². The molecule has 0 saturated carbocycles. The van der Waals surface area contributed by atoms with E-state index in [1.54, 1.807) is 0 Å². The third-order valence-corrected chi connectivity index (χ3v) is 5.06. The van der Waals surface area contributed by atoms with Gasteiger partial charge in [0.2, 0.25) is 0 Å². The van der Waals surface area contributed by atoms with Crippen molar-refractivity contribution in [2.45, 2.75) is 142 Å². The van der Waals surface area contributed by atoms with Gasteiger partial charge >= 0.3 is 17.1 Å². The number of carboxylic acid groups (broad SMARTS) is 2. The topological polar surface area (TPSA) is 122 Å². The second-order valence-corrected chi connectivity index (χ2v) is 8.07. The van der Waals surface area contributed by atoms with Crippen LogP contribution in [0.4, 0.5) is 0 Å². The zero-order chi connectivity index (χ0) is 25.0. The molecule has 0 fully saturated rings. The molecule has 0 saturated heterocycles. The molecule has 0 aliphatic rings. The minimum absolute atomic E-state index is 0. The minimum Gasteiger partial charge on any atom is -0.677 e. The smallest absolute Gasteiger partial charge is 0.677 e. The molecule has 0 spiro atoms. The molecule has 4 N–H and O–H groups in total. The summed E-state index contributed by atoms with van der Waals surface area (Å²) in [7, 11) is 0. The van der Waals surface area contributed by atoms with Crippen molar-refractivity contribution < 1.29 is 36.9 Å². The first-order valence-electron chi connectivity index (χ1n) is 13.1. The van der Waals surface area contributed by atoms with Gasteiger partial charge in [-0.2, -0.15) is 13.1 Å². The summed E-state index contributed by atoms with van der Waals surface area (Å²) in [6, 6.07) is 0. The van der Waals surface area contributed by atoms with Crippen LogP contribution in [0.2, 0.25) is 0 Å². The van der Waals surface area contributed by atoms with E-state index in [1.807, 2.05) is 0 Å². The zero-order valence-corrected chi connectivity index (χ0v) is 22.7. The summed E-state index contributed by atoms with van der Waals surface area (Å²) < 4.78 is 0. The number of carbonyl (C=O) groups is 2. The van der Waals surface area contributed by atoms with E-state index in [1.165, 1.54) is 116 Å². The number of hydrogen-bond donors (Lipinski definition) is 2. The standard InChI is InChI=1S/2C12H26N.2CH2O2.Cu/c2*1-2-3-4-5-6-7-8-9-10-11-12-13;2*2-1-3;/h2*13H,2-12H2,1H3;2*1H,(H,2,3);/q2*-1;;;+2. The minimum atomic E-state index is -0.250. The monoisotopic (exact) mass is 523 g/mol. The van der Waals surface area contributed by atoms with Gasteiger partial charge < -0.3 is 21.7 Å². The van der Waals surface area contributed by atoms with Crippen LogP contribution in [0.3, 0.4) is 0 Å². The van der Waals surface area contributed by atoms with Gasteiger partial charge in [-0.05, 0) is 0 Å². The maximum absolute atomic E-state index is 8.36. The van der Waals surface area contributed by atoms with Gasteiger partial charge in [0.05, 0.1) is 0 Å². The first-order valence-corrected chi connectivity index (χ1v) is 13.1. The van der Waals surface area contributed by atoms with E-state index in [9.17, 15) is 0 Å². The molecule has 0 aromatic carbocycles. The number of hydrogen-bond acceptors (Lipinski definition) is 2. The second-order valence-electron chi connectivity index (χ2n) is 8.07. The van der Waals surface area contributed by atoms with Crippen LogP contribution in [-0.4, -0.2) is 36.2 Å². The van der Waals surface area contributed by atoms with E-state index >= 15 is 0 Å². The van der Waals surface area contributed by atoms with Gasteiger partial charge in [-0.15, -0.1) is 0 Å². The summed E-state index contributed by atoms with van der Waals surface area (Å²) in [4.78, 5) is 16.7. The Balaban J connectivity index is -0.000000124. The quantitative estimate of drug-likeness (QED) is 0.0936. The average Bonchev–Trinajstić information content (AvgIpc) is 2.78. The molecule has 0 bridgehead atoms. The van der Waals surface area contributed by atoms with Crippen LogP contribution in [0.25, 0.3) is 11.5 Å². The molecule has 6 nitrogen and oxygen atoms in total. The fourth-order valence-electron chi connectivity index (χ4n) is 3.22. The van der Waals surface area contributed by atoms with Crippen LogP contribution in [0.1, 0.15) is 142 Å². The molecule has 0 aromatic heterocycles. The first-order chi connectivity index (χ1) is 15.7. The van der Waals surface area contributed by atoms with Crippen molar-refractivity contribution in [2.75, 3.05) is 13.1 Å². The van der Waals surface area contributed by atoms with Crippen LogP contribution in [0.5, 0.6) is 0 Å². The Kier molecular flexibility index (Phi) is 68.3. The molecule has 1 radical (unpaired) electrons. The Morgan fingerprint density at radius 2 is 0.606 bits per heavy atom. The average molecular weight is 524 g/mol. The van der Waals surface area contributed by atoms with E-state index in [0.29, 0.717) is 13.1 Å². The van der Waals surface area contributed by atoms with Gasteiger partial charge in [-0.1, -0.05) is 142 Å². The molecule has 7 heteroatoms. The molecule has 205 valence electrons. The summed E-state index contributed by atoms with van der Waals surface area (Å²) in [5, 5.41) is 13.8. The van der Waals surface area contributed by atoms with Gasteiger partial charge in [-0.25, -0.2) is 0 Å². The van der Waals surface area contributed by atoms with Crippen molar-refractivity contribution in [3.8, 4) is 0 Å². The van der Waals surface area contributed by atoms with Crippen LogP contribution >= 0.6 is 0 Å². The molecule has 0 aliphatic heterocycles. The number of nitrogens with one attached hydrogen (secondary N) is 2. The predicted molar refractivity (Wildman–Crippen MR) is 139 cm³/mol. The van der Waals surface area contributed by atoms with Gasteiger partial charge in [0.25, 0.3) is 12.9 Å². The summed E-state index contributed by atoms with van der Waals surface area (Å²) in [5.41, 5.74) is 14.0. The third-order valence-electron chi connectivity index (χ3n) is 5.06. The molecular formula is C26H56CuN2O4. The molecule has 0 aromatic rings. The van der Waals surface area contributed by atoms with E-state index in [-0.39, 0.29) is 30.0 Å². The maximum Gasteiger partial charge on any atom is 2.00 e. The first kappa shape index (κ1) is 42.5. The molecule has 33 heavy (non-hydrogen) atoms. The van der Waals surface area contributed by atoms with Crippen molar-refractivity contribution in [1.82, 2.24) is 0 Å². The van der Waals surface area contributed by atoms with Crippen molar-refractivity contribution in [1.29, 1.82) is 0 Å². The molecule has 0 atom stereocenters. The maximum atomic E-state index is 8.36. The van der Waals surface area contributed by atoms with Crippen LogP contribution in [0, 0.1) is 0 Å². The van der Waals surface area contributed by atoms with Crippen molar-refractivity contribution in [2.24, 2.45) is 0 Å². The van der Waals surface area contributed by atoms with Gasteiger partial charge in [0, 0.05) is 0 Å². The van der Waals surface area contributed by atoms with E-state index in [0.717, 1.165) is 12.8 Å². The van der Waals surface area contributed by atoms with E-state index < -0.39 is 0 Å². The molecule has 0 amide bonds. The second kappa shape index (κ2) is 53.0. The summed E-state index contributed by atoms with van der Waals surface area (Å²) in [6.07, 6.45) is 27.2. The van der Waals surface area contributed by atoms with Crippen LogP contribution < -0.4 is 0 Å². The molecule has 0 unspecified atom stereocenters. The molecule has 0 rings (SSSR count). The fourth-order valence-corrected chi connectivity index (χ4v) is 3.22. The summed E-state index contributed by atoms with van der Waals surface area (Å²) in [6.45, 7) is 5.27. The predicted octanol–water partition coefficient (Wildman–Crippen LogP) is 9.32. The summed E-state index contributed by atoms with van der Waals surface area (Å²) >= 11 is 0. The normalized spacial score (nSPS) is 9.09. The van der Waals surface area contributed by atoms with Gasteiger partial charge in [0.1, 0.15) is 0 Å². The number of unbranched alkanes of at least 4 members (excludes halogenated alkanes) is 18. The SMILES string of the molecule is CCCCCCCCCCCC[NH-].CCCCCCCCCCCC[NH-].O=CO.O=CO.[Cu+2]. The van der Waals surface area contributed by atoms with Crippen molar-refractivity contribution >= 4 is 12.9 Å². The number of rotatable bonds is 20. The van der Waals surface area contributed by atoms with E-state index in [2.05, 4.69) is 13.8 Å². The molecule has 0 heterocycles. The van der Waals surface area contributed by atoms with Crippen molar-refractivity contribution in [3.05, 3.63) is 11.5 Å². The van der Waals surface area contributed by atoms with E-state index in [4.69, 9.17) is 31.3 Å². The largest absolute Gasteiger partial charge is 2.00 e. The third kappa shape index (κ3) is 72.1. The Morgan fingerprint density at radius 1 is 0.455 bits per heavy atom. The zero-order valence-electron chi connectivity index (χ0n) is 21.7. The Bertz CT molecular complexity index is 251. The summed E-state index contributed by atoms with van der Waals surface area (Å²) in [5.74, 6) is 0. The Hall–Kier alpha value is -0.621. The Morgan fingerprint density at radius 3 is 0.758 bits per heavy atom. The van der Waals surface area contributed by atoms with Gasteiger partial charge in [0.15, 0.2) is 0 Å². The molecular weight excluding hydrogens is 468 g/mol. The van der Waals surface area contributed by atoms with Crippen LogP contribution in [-0.2, 0) is 26.7 Å². The fraction of sp³-hybridized carbons (Fsp3) is 0.923. The Labute approximate surface area is 216 Å². The van der Waals surface area contributed by atoms with Crippen molar-refractivity contribution in [3.63, 3.8) is 0 Å².